The van der Waals surface area contributed by atoms with Crippen LogP contribution in [-0.2, 0) is 4.79 Å². The number of fused-ring (bicyclic) bond motifs is 1. The predicted octanol–water partition coefficient (Wildman–Crippen LogP) is 3.89. The lowest BCUT2D eigenvalue weighted by atomic mass is 10.1. The number of carbonyl (C=O) groups is 1. The van der Waals surface area contributed by atoms with Crippen LogP contribution in [0.2, 0.25) is 5.02 Å². The molecule has 4 heteroatoms. The third kappa shape index (κ3) is 1.88. The van der Waals surface area contributed by atoms with E-state index in [0.717, 1.165) is 16.8 Å². The van der Waals surface area contributed by atoms with Crippen LogP contribution < -0.4 is 5.32 Å². The van der Waals surface area contributed by atoms with Gasteiger partial charge in [0.1, 0.15) is 0 Å². The number of benzene rings is 1. The van der Waals surface area contributed by atoms with Crippen molar-refractivity contribution in [3.05, 3.63) is 51.2 Å². The van der Waals surface area contributed by atoms with Gasteiger partial charge in [0.2, 0.25) is 0 Å². The van der Waals surface area contributed by atoms with Crippen LogP contribution >= 0.6 is 22.9 Å². The molecule has 1 N–H and O–H groups in total. The van der Waals surface area contributed by atoms with Gasteiger partial charge in [-0.1, -0.05) is 17.7 Å². The number of anilines is 1. The summed E-state index contributed by atoms with van der Waals surface area (Å²) < 4.78 is 0. The van der Waals surface area contributed by atoms with Gasteiger partial charge in [-0.05, 0) is 40.6 Å². The van der Waals surface area contributed by atoms with Crippen LogP contribution in [0.5, 0.6) is 0 Å². The second-order valence-electron chi connectivity index (χ2n) is 3.76. The van der Waals surface area contributed by atoms with Crippen molar-refractivity contribution < 1.29 is 4.79 Å². The Kier molecular flexibility index (Phi) is 2.50. The highest BCUT2D eigenvalue weighted by molar-refractivity contribution is 7.08. The van der Waals surface area contributed by atoms with Crippen molar-refractivity contribution in [1.82, 2.24) is 0 Å². The number of hydrogen-bond acceptors (Lipinski definition) is 2. The van der Waals surface area contributed by atoms with Gasteiger partial charge in [-0.25, -0.2) is 0 Å². The van der Waals surface area contributed by atoms with Gasteiger partial charge in [-0.2, -0.15) is 11.3 Å². The molecule has 1 aliphatic heterocycles. The van der Waals surface area contributed by atoms with Gasteiger partial charge in [0.25, 0.3) is 5.91 Å². The van der Waals surface area contributed by atoms with Crippen LogP contribution in [0.4, 0.5) is 5.69 Å². The summed E-state index contributed by atoms with van der Waals surface area (Å²) in [6, 6.07) is 7.41. The van der Waals surface area contributed by atoms with Gasteiger partial charge in [0.05, 0.1) is 5.69 Å². The summed E-state index contributed by atoms with van der Waals surface area (Å²) in [4.78, 5) is 11.8. The fourth-order valence-electron chi connectivity index (χ4n) is 1.83. The molecule has 0 saturated heterocycles. The molecule has 1 amide bonds. The minimum Gasteiger partial charge on any atom is -0.321 e. The molecule has 1 aromatic heterocycles. The average molecular weight is 262 g/mol. The highest BCUT2D eigenvalue weighted by Gasteiger charge is 2.23. The highest BCUT2D eigenvalue weighted by Crippen LogP contribution is 2.34. The molecule has 17 heavy (non-hydrogen) atoms. The maximum absolute atomic E-state index is 11.8. The summed E-state index contributed by atoms with van der Waals surface area (Å²) in [5.41, 5.74) is 3.42. The lowest BCUT2D eigenvalue weighted by Crippen LogP contribution is -2.03. The third-order valence-corrected chi connectivity index (χ3v) is 3.56. The standard InChI is InChI=1S/C13H8ClNOS/c14-9-1-2-10-11(5-8-3-4-17-7-8)13(16)15-12(10)6-9/h1-7H,(H,15,16). The number of thiophene rings is 1. The van der Waals surface area contributed by atoms with Gasteiger partial charge >= 0.3 is 0 Å². The molecule has 0 radical (unpaired) electrons. The molecule has 0 spiro atoms. The van der Waals surface area contributed by atoms with Crippen LogP contribution in [0, 0.1) is 0 Å². The molecular weight excluding hydrogens is 254 g/mol. The number of carbonyl (C=O) groups excluding carboxylic acids is 1. The maximum Gasteiger partial charge on any atom is 0.256 e. The van der Waals surface area contributed by atoms with Crippen LogP contribution in [-0.4, -0.2) is 5.91 Å². The minimum absolute atomic E-state index is 0.0755. The molecule has 1 aliphatic rings. The number of hydrogen-bond donors (Lipinski definition) is 1. The van der Waals surface area contributed by atoms with E-state index in [0.29, 0.717) is 10.6 Å². The first kappa shape index (κ1) is 10.6. The minimum atomic E-state index is -0.0755. The number of rotatable bonds is 1. The Hall–Kier alpha value is -1.58. The SMILES string of the molecule is O=C1Nc2cc(Cl)ccc2C1=Cc1ccsc1. The molecule has 0 atom stereocenters. The van der Waals surface area contributed by atoms with Crippen LogP contribution in [0.1, 0.15) is 11.1 Å². The van der Waals surface area contributed by atoms with E-state index in [1.165, 1.54) is 0 Å². The van der Waals surface area contributed by atoms with Gasteiger partial charge in [-0.15, -0.1) is 0 Å². The van der Waals surface area contributed by atoms with Crippen molar-refractivity contribution in [3.8, 4) is 0 Å². The summed E-state index contributed by atoms with van der Waals surface area (Å²) in [6.07, 6.45) is 1.89. The number of halogens is 1. The molecule has 0 unspecified atom stereocenters. The van der Waals surface area contributed by atoms with E-state index in [-0.39, 0.29) is 5.91 Å². The average Bonchev–Trinajstić information content (AvgIpc) is 2.88. The normalized spacial score (nSPS) is 16.1. The van der Waals surface area contributed by atoms with Gasteiger partial charge in [0.15, 0.2) is 0 Å². The molecule has 2 nitrogen and oxygen atoms in total. The lowest BCUT2D eigenvalue weighted by molar-refractivity contribution is -0.110. The topological polar surface area (TPSA) is 29.1 Å². The quantitative estimate of drug-likeness (QED) is 0.775. The zero-order valence-electron chi connectivity index (χ0n) is 8.74. The Bertz CT molecular complexity index is 616. The van der Waals surface area contributed by atoms with Gasteiger partial charge in [-0.3, -0.25) is 4.79 Å². The summed E-state index contributed by atoms with van der Waals surface area (Å²) >= 11 is 7.50. The van der Waals surface area contributed by atoms with E-state index in [9.17, 15) is 4.79 Å². The first-order valence-electron chi connectivity index (χ1n) is 5.09. The highest BCUT2D eigenvalue weighted by atomic mass is 35.5. The fourth-order valence-corrected chi connectivity index (χ4v) is 2.62. The van der Waals surface area contributed by atoms with E-state index in [2.05, 4.69) is 5.32 Å². The van der Waals surface area contributed by atoms with Crippen molar-refractivity contribution in [1.29, 1.82) is 0 Å². The first-order chi connectivity index (χ1) is 8.24. The van der Waals surface area contributed by atoms with Crippen LogP contribution in [0.15, 0.2) is 35.0 Å². The lowest BCUT2D eigenvalue weighted by Gasteiger charge is -1.98. The number of amides is 1. The summed E-state index contributed by atoms with van der Waals surface area (Å²) in [6.45, 7) is 0. The second-order valence-corrected chi connectivity index (χ2v) is 4.98. The summed E-state index contributed by atoms with van der Waals surface area (Å²) in [5.74, 6) is -0.0755. The fraction of sp³-hybridized carbons (Fsp3) is 0. The molecule has 0 aliphatic carbocycles. The Morgan fingerprint density at radius 2 is 2.18 bits per heavy atom. The maximum atomic E-state index is 11.8. The third-order valence-electron chi connectivity index (χ3n) is 2.62. The van der Waals surface area contributed by atoms with E-state index in [4.69, 9.17) is 11.6 Å². The van der Waals surface area contributed by atoms with Crippen molar-refractivity contribution in [3.63, 3.8) is 0 Å². The monoisotopic (exact) mass is 261 g/mol. The zero-order chi connectivity index (χ0) is 11.8. The van der Waals surface area contributed by atoms with Crippen molar-refractivity contribution >= 4 is 46.2 Å². The zero-order valence-corrected chi connectivity index (χ0v) is 10.3. The smallest absolute Gasteiger partial charge is 0.256 e. The van der Waals surface area contributed by atoms with Crippen molar-refractivity contribution in [2.24, 2.45) is 0 Å². The van der Waals surface area contributed by atoms with E-state index in [1.54, 1.807) is 23.5 Å². The molecule has 3 rings (SSSR count). The molecule has 0 fully saturated rings. The summed E-state index contributed by atoms with van der Waals surface area (Å²) in [7, 11) is 0. The molecule has 0 bridgehead atoms. The molecule has 2 heterocycles. The van der Waals surface area contributed by atoms with Crippen molar-refractivity contribution in [2.45, 2.75) is 0 Å². The molecule has 1 aromatic carbocycles. The van der Waals surface area contributed by atoms with Gasteiger partial charge < -0.3 is 5.32 Å². The summed E-state index contributed by atoms with van der Waals surface area (Å²) in [5, 5.41) is 7.43. The van der Waals surface area contributed by atoms with E-state index in [1.807, 2.05) is 29.0 Å². The van der Waals surface area contributed by atoms with Gasteiger partial charge in [0, 0.05) is 16.2 Å². The Morgan fingerprint density at radius 3 is 2.94 bits per heavy atom. The second kappa shape index (κ2) is 4.02. The van der Waals surface area contributed by atoms with E-state index < -0.39 is 0 Å². The Labute approximate surface area is 108 Å². The molecule has 2 aromatic rings. The first-order valence-corrected chi connectivity index (χ1v) is 6.41. The Balaban J connectivity index is 2.11. The van der Waals surface area contributed by atoms with Crippen molar-refractivity contribution in [2.75, 3.05) is 5.32 Å². The predicted molar refractivity (Wildman–Crippen MR) is 72.3 cm³/mol. The molecule has 0 saturated carbocycles. The Morgan fingerprint density at radius 1 is 1.29 bits per heavy atom. The molecular formula is C13H8ClNOS. The largest absolute Gasteiger partial charge is 0.321 e. The number of nitrogens with one attached hydrogen (secondary N) is 1. The molecule has 84 valence electrons. The van der Waals surface area contributed by atoms with Crippen LogP contribution in [0.3, 0.4) is 0 Å². The van der Waals surface area contributed by atoms with E-state index >= 15 is 0 Å². The van der Waals surface area contributed by atoms with Crippen LogP contribution in [0.25, 0.3) is 11.6 Å².